The summed E-state index contributed by atoms with van der Waals surface area (Å²) < 4.78 is 11.5. The average Bonchev–Trinajstić information content (AvgIpc) is 3.20. The van der Waals surface area contributed by atoms with E-state index in [0.29, 0.717) is 67.0 Å². The van der Waals surface area contributed by atoms with Crippen LogP contribution in [0.4, 0.5) is 11.8 Å². The van der Waals surface area contributed by atoms with Crippen molar-refractivity contribution in [2.75, 3.05) is 43.5 Å². The maximum absolute atomic E-state index is 11.5. The van der Waals surface area contributed by atoms with Gasteiger partial charge in [-0.1, -0.05) is 12.1 Å². The minimum atomic E-state index is -0.483. The number of hydrogen-bond acceptors (Lipinski definition) is 8. The Morgan fingerprint density at radius 2 is 2.03 bits per heavy atom. The summed E-state index contributed by atoms with van der Waals surface area (Å²) in [4.78, 5) is 27.5. The van der Waals surface area contributed by atoms with Crippen LogP contribution in [0.1, 0.15) is 16.8 Å². The zero-order valence-corrected chi connectivity index (χ0v) is 16.4. The molecule has 4 N–H and O–H groups in total. The molecule has 154 valence electrons. The van der Waals surface area contributed by atoms with Gasteiger partial charge < -0.3 is 25.8 Å². The summed E-state index contributed by atoms with van der Waals surface area (Å²) >= 11 is 0. The summed E-state index contributed by atoms with van der Waals surface area (Å²) in [5.41, 5.74) is 13.7. The molecule has 3 aromatic rings. The predicted molar refractivity (Wildman–Crippen MR) is 112 cm³/mol. The molecule has 1 amide bonds. The summed E-state index contributed by atoms with van der Waals surface area (Å²) in [5, 5.41) is 0.681. The van der Waals surface area contributed by atoms with Crippen molar-refractivity contribution in [1.29, 1.82) is 0 Å². The van der Waals surface area contributed by atoms with E-state index in [4.69, 9.17) is 25.9 Å². The number of fused-ring (bicyclic) bond motifs is 1. The summed E-state index contributed by atoms with van der Waals surface area (Å²) in [6, 6.07) is 10.7. The number of carbonyl (C=O) groups excluding carboxylic acids is 1. The van der Waals surface area contributed by atoms with E-state index in [-0.39, 0.29) is 5.60 Å². The van der Waals surface area contributed by atoms with Gasteiger partial charge in [0, 0.05) is 30.7 Å². The quantitative estimate of drug-likeness (QED) is 0.667. The topological polar surface area (TPSA) is 129 Å². The number of anilines is 2. The number of nitrogen functional groups attached to an aromatic ring is 1. The van der Waals surface area contributed by atoms with Crippen LogP contribution < -0.4 is 16.4 Å². The highest BCUT2D eigenvalue weighted by Crippen LogP contribution is 2.30. The molecule has 0 radical (unpaired) electrons. The zero-order chi connectivity index (χ0) is 20.7. The number of nitrogens with two attached hydrogens (primary N) is 2. The molecule has 1 spiro atoms. The number of benzene rings is 1. The molecule has 9 heteroatoms. The highest BCUT2D eigenvalue weighted by molar-refractivity contribution is 5.94. The van der Waals surface area contributed by atoms with Crippen LogP contribution in [0, 0.1) is 0 Å². The van der Waals surface area contributed by atoms with Crippen molar-refractivity contribution in [2.45, 2.75) is 12.0 Å². The van der Waals surface area contributed by atoms with Gasteiger partial charge in [0.2, 0.25) is 11.9 Å². The smallest absolute Gasteiger partial charge is 0.248 e. The van der Waals surface area contributed by atoms with Crippen LogP contribution in [-0.2, 0) is 9.47 Å². The van der Waals surface area contributed by atoms with Crippen molar-refractivity contribution in [3.63, 3.8) is 0 Å². The molecule has 1 atom stereocenters. The van der Waals surface area contributed by atoms with E-state index in [2.05, 4.69) is 14.9 Å². The number of ether oxygens (including phenoxy) is 2. The lowest BCUT2D eigenvalue weighted by atomic mass is 10.0. The monoisotopic (exact) mass is 406 g/mol. The molecule has 1 aromatic carbocycles. The highest BCUT2D eigenvalue weighted by atomic mass is 16.6. The van der Waals surface area contributed by atoms with Crippen LogP contribution in [0.2, 0.25) is 0 Å². The molecule has 5 rings (SSSR count). The van der Waals surface area contributed by atoms with Crippen molar-refractivity contribution in [3.05, 3.63) is 42.0 Å². The van der Waals surface area contributed by atoms with Crippen LogP contribution in [0.15, 0.2) is 36.4 Å². The van der Waals surface area contributed by atoms with Crippen LogP contribution in [0.25, 0.3) is 22.3 Å². The van der Waals surface area contributed by atoms with Crippen molar-refractivity contribution >= 4 is 28.7 Å². The average molecular weight is 406 g/mol. The number of morpholine rings is 1. The second kappa shape index (κ2) is 7.19. The lowest BCUT2D eigenvalue weighted by Crippen LogP contribution is -2.53. The zero-order valence-electron chi connectivity index (χ0n) is 16.4. The Morgan fingerprint density at radius 3 is 2.83 bits per heavy atom. The normalized spacial score (nSPS) is 21.4. The van der Waals surface area contributed by atoms with Gasteiger partial charge in [-0.3, -0.25) is 4.79 Å². The molecule has 0 aliphatic carbocycles. The highest BCUT2D eigenvalue weighted by Gasteiger charge is 2.41. The van der Waals surface area contributed by atoms with E-state index >= 15 is 0 Å². The number of nitrogens with zero attached hydrogens (tertiary/aromatic N) is 4. The Morgan fingerprint density at radius 1 is 1.13 bits per heavy atom. The van der Waals surface area contributed by atoms with Gasteiger partial charge >= 0.3 is 0 Å². The van der Waals surface area contributed by atoms with Crippen LogP contribution in [0.5, 0.6) is 0 Å². The van der Waals surface area contributed by atoms with Crippen molar-refractivity contribution < 1.29 is 14.3 Å². The maximum atomic E-state index is 11.5. The standard InChI is InChI=1S/C21H22N6O3/c22-17-15-4-5-16(13-2-1-3-14(10-13)18(23)28)24-19(15)26-20(25-17)27-7-9-30-21(11-27)6-8-29-12-21/h1-5,10H,6-9,11-12H2,(H2,23,28)(H2,22,24,25,26)/t21-/m0/s1. The van der Waals surface area contributed by atoms with Gasteiger partial charge in [0.15, 0.2) is 5.65 Å². The molecule has 2 aliphatic heterocycles. The van der Waals surface area contributed by atoms with E-state index in [0.717, 1.165) is 12.0 Å². The third kappa shape index (κ3) is 3.31. The van der Waals surface area contributed by atoms with Gasteiger partial charge in [-0.2, -0.15) is 9.97 Å². The van der Waals surface area contributed by atoms with Crippen LogP contribution in [-0.4, -0.2) is 59.4 Å². The summed E-state index contributed by atoms with van der Waals surface area (Å²) in [6.45, 7) is 3.18. The molecule has 0 bridgehead atoms. The Labute approximate surface area is 173 Å². The Hall–Kier alpha value is -3.30. The molecule has 0 saturated carbocycles. The van der Waals surface area contributed by atoms with Crippen LogP contribution in [0.3, 0.4) is 0 Å². The first-order valence-electron chi connectivity index (χ1n) is 9.84. The van der Waals surface area contributed by atoms with Gasteiger partial charge in [0.05, 0.1) is 30.8 Å². The Bertz CT molecular complexity index is 1130. The van der Waals surface area contributed by atoms with E-state index in [1.165, 1.54) is 0 Å². The first kappa shape index (κ1) is 18.7. The molecule has 2 aliphatic rings. The minimum absolute atomic E-state index is 0.310. The second-order valence-corrected chi connectivity index (χ2v) is 7.68. The lowest BCUT2D eigenvalue weighted by Gasteiger charge is -2.39. The molecule has 4 heterocycles. The van der Waals surface area contributed by atoms with Gasteiger partial charge in [-0.05, 0) is 24.3 Å². The fraction of sp³-hybridized carbons (Fsp3) is 0.333. The first-order valence-corrected chi connectivity index (χ1v) is 9.84. The fourth-order valence-corrected chi connectivity index (χ4v) is 4.00. The number of primary amides is 1. The van der Waals surface area contributed by atoms with Crippen molar-refractivity contribution in [2.24, 2.45) is 5.73 Å². The third-order valence-electron chi connectivity index (χ3n) is 5.62. The second-order valence-electron chi connectivity index (χ2n) is 7.68. The maximum Gasteiger partial charge on any atom is 0.248 e. The molecule has 0 unspecified atom stereocenters. The van der Waals surface area contributed by atoms with E-state index < -0.39 is 5.91 Å². The summed E-state index contributed by atoms with van der Waals surface area (Å²) in [6.07, 6.45) is 0.852. The van der Waals surface area contributed by atoms with Crippen molar-refractivity contribution in [1.82, 2.24) is 15.0 Å². The number of rotatable bonds is 3. The summed E-state index contributed by atoms with van der Waals surface area (Å²) in [7, 11) is 0. The van der Waals surface area contributed by atoms with Gasteiger partial charge in [-0.25, -0.2) is 4.98 Å². The number of hydrogen-bond donors (Lipinski definition) is 2. The van der Waals surface area contributed by atoms with Gasteiger partial charge in [0.1, 0.15) is 11.4 Å². The molecule has 30 heavy (non-hydrogen) atoms. The van der Waals surface area contributed by atoms with Gasteiger partial charge in [0.25, 0.3) is 0 Å². The van der Waals surface area contributed by atoms with Crippen molar-refractivity contribution in [3.8, 4) is 11.3 Å². The first-order chi connectivity index (χ1) is 14.5. The van der Waals surface area contributed by atoms with Crippen LogP contribution >= 0.6 is 0 Å². The molecular weight excluding hydrogens is 384 g/mol. The predicted octanol–water partition coefficient (Wildman–Crippen LogP) is 1.37. The number of carbonyl (C=O) groups is 1. The fourth-order valence-electron chi connectivity index (χ4n) is 4.00. The molecule has 2 saturated heterocycles. The third-order valence-corrected chi connectivity index (χ3v) is 5.62. The molecule has 2 fully saturated rings. The SMILES string of the molecule is NC(=O)c1cccc(-c2ccc3c(N)nc(N4CCO[C@@]5(CCOC5)C4)nc3n2)c1. The van der Waals surface area contributed by atoms with E-state index in [1.807, 2.05) is 18.2 Å². The van der Waals surface area contributed by atoms with E-state index in [9.17, 15) is 4.79 Å². The Balaban J connectivity index is 1.52. The number of aromatic nitrogens is 3. The van der Waals surface area contributed by atoms with E-state index in [1.54, 1.807) is 18.2 Å². The molecule has 9 nitrogen and oxygen atoms in total. The largest absolute Gasteiger partial charge is 0.383 e. The summed E-state index contributed by atoms with van der Waals surface area (Å²) in [5.74, 6) is 0.428. The van der Waals surface area contributed by atoms with Gasteiger partial charge in [-0.15, -0.1) is 0 Å². The number of amides is 1. The lowest BCUT2D eigenvalue weighted by molar-refractivity contribution is -0.0583. The minimum Gasteiger partial charge on any atom is -0.383 e. The molecular formula is C21H22N6O3. The molecule has 2 aromatic heterocycles. The Kier molecular flexibility index (Phi) is 4.48. The number of pyridine rings is 1.